The first-order valence-electron chi connectivity index (χ1n) is 5.56. The topological polar surface area (TPSA) is 71.1 Å². The molecular weight excluding hydrogens is 238 g/mol. The van der Waals surface area contributed by atoms with E-state index in [1.807, 2.05) is 12.3 Å². The predicted octanol–water partition coefficient (Wildman–Crippen LogP) is 1.24. The van der Waals surface area contributed by atoms with Crippen LogP contribution in [-0.4, -0.2) is 23.3 Å². The minimum Gasteiger partial charge on any atom is -0.356 e. The molecule has 0 spiro atoms. The van der Waals surface area contributed by atoms with E-state index in [0.717, 1.165) is 11.4 Å². The molecule has 2 amide bonds. The summed E-state index contributed by atoms with van der Waals surface area (Å²) in [6, 6.07) is -0.0279. The van der Waals surface area contributed by atoms with Gasteiger partial charge in [-0.2, -0.15) is 0 Å². The van der Waals surface area contributed by atoms with Gasteiger partial charge in [-0.1, -0.05) is 6.92 Å². The predicted molar refractivity (Wildman–Crippen MR) is 66.6 cm³/mol. The van der Waals surface area contributed by atoms with Crippen LogP contribution in [0.5, 0.6) is 0 Å². The van der Waals surface area contributed by atoms with Gasteiger partial charge >= 0.3 is 0 Å². The Labute approximate surface area is 105 Å². The fourth-order valence-electron chi connectivity index (χ4n) is 1.36. The quantitative estimate of drug-likeness (QED) is 0.803. The molecule has 1 aromatic rings. The third-order valence-corrected chi connectivity index (χ3v) is 3.11. The molecule has 2 N–H and O–H groups in total. The smallest absolute Gasteiger partial charge is 0.222 e. The fraction of sp³-hybridized carbons (Fsp3) is 0.545. The van der Waals surface area contributed by atoms with Crippen molar-refractivity contribution in [1.82, 2.24) is 15.6 Å². The summed E-state index contributed by atoms with van der Waals surface area (Å²) in [5.41, 5.74) is 0. The van der Waals surface area contributed by atoms with Crippen molar-refractivity contribution in [2.24, 2.45) is 0 Å². The summed E-state index contributed by atoms with van der Waals surface area (Å²) in [6.45, 7) is 3.80. The molecule has 1 atom stereocenters. The van der Waals surface area contributed by atoms with Crippen LogP contribution in [0.3, 0.4) is 0 Å². The van der Waals surface area contributed by atoms with Crippen molar-refractivity contribution in [3.63, 3.8) is 0 Å². The zero-order valence-corrected chi connectivity index (χ0v) is 10.8. The van der Waals surface area contributed by atoms with Crippen LogP contribution in [-0.2, 0) is 9.59 Å². The van der Waals surface area contributed by atoms with Gasteiger partial charge in [0.25, 0.3) is 0 Å². The van der Waals surface area contributed by atoms with Crippen molar-refractivity contribution < 1.29 is 9.59 Å². The van der Waals surface area contributed by atoms with Crippen LogP contribution in [0.4, 0.5) is 0 Å². The lowest BCUT2D eigenvalue weighted by Gasteiger charge is -2.14. The average molecular weight is 255 g/mol. The minimum absolute atomic E-state index is 0.0279. The third kappa shape index (κ3) is 4.95. The Morgan fingerprint density at radius 3 is 2.82 bits per heavy atom. The number of carbonyl (C=O) groups excluding carboxylic acids is 2. The van der Waals surface area contributed by atoms with Crippen LogP contribution >= 0.6 is 11.3 Å². The molecule has 0 bridgehead atoms. The largest absolute Gasteiger partial charge is 0.356 e. The van der Waals surface area contributed by atoms with Crippen molar-refractivity contribution in [2.75, 3.05) is 6.54 Å². The number of aromatic nitrogens is 1. The van der Waals surface area contributed by atoms with E-state index in [2.05, 4.69) is 15.6 Å². The number of carbonyl (C=O) groups is 2. The van der Waals surface area contributed by atoms with Gasteiger partial charge in [0.2, 0.25) is 11.8 Å². The van der Waals surface area contributed by atoms with Crippen molar-refractivity contribution >= 4 is 23.2 Å². The molecule has 17 heavy (non-hydrogen) atoms. The van der Waals surface area contributed by atoms with Gasteiger partial charge < -0.3 is 10.6 Å². The maximum atomic E-state index is 11.6. The van der Waals surface area contributed by atoms with Crippen LogP contribution in [0.2, 0.25) is 0 Å². The van der Waals surface area contributed by atoms with E-state index in [1.54, 1.807) is 6.20 Å². The average Bonchev–Trinajstić information content (AvgIpc) is 2.78. The fourth-order valence-corrected chi connectivity index (χ4v) is 2.14. The molecule has 5 nitrogen and oxygen atoms in total. The molecule has 1 aromatic heterocycles. The second kappa shape index (κ2) is 7.01. The molecule has 0 saturated carbocycles. The number of rotatable bonds is 6. The van der Waals surface area contributed by atoms with Crippen molar-refractivity contribution in [2.45, 2.75) is 32.7 Å². The summed E-state index contributed by atoms with van der Waals surface area (Å²) in [7, 11) is 0. The first-order valence-corrected chi connectivity index (χ1v) is 6.44. The molecule has 0 aromatic carbocycles. The lowest BCUT2D eigenvalue weighted by atomic mass is 10.2. The van der Waals surface area contributed by atoms with Crippen LogP contribution < -0.4 is 10.6 Å². The summed E-state index contributed by atoms with van der Waals surface area (Å²) in [6.07, 6.45) is 2.83. The highest BCUT2D eigenvalue weighted by Gasteiger charge is 2.14. The van der Waals surface area contributed by atoms with Gasteiger partial charge in [0.15, 0.2) is 0 Å². The summed E-state index contributed by atoms with van der Waals surface area (Å²) in [5, 5.41) is 8.30. The highest BCUT2D eigenvalue weighted by molar-refractivity contribution is 7.09. The number of hydrogen-bond acceptors (Lipinski definition) is 4. The summed E-state index contributed by atoms with van der Waals surface area (Å²) >= 11 is 1.53. The molecule has 0 aliphatic heterocycles. The van der Waals surface area contributed by atoms with E-state index in [0.29, 0.717) is 13.0 Å². The number of nitrogens with zero attached hydrogens (tertiary/aromatic N) is 1. The van der Waals surface area contributed by atoms with Crippen LogP contribution in [0.15, 0.2) is 11.6 Å². The Morgan fingerprint density at radius 1 is 1.53 bits per heavy atom. The SMILES string of the molecule is CC[C@@H](NC(=O)CCNC(C)=O)c1nccs1. The Kier molecular flexibility index (Phi) is 5.62. The van der Waals surface area contributed by atoms with Crippen molar-refractivity contribution in [3.05, 3.63) is 16.6 Å². The molecule has 0 radical (unpaired) electrons. The second-order valence-corrected chi connectivity index (χ2v) is 4.56. The summed E-state index contributed by atoms with van der Waals surface area (Å²) in [5.74, 6) is -0.189. The standard InChI is InChI=1S/C11H17N3O2S/c1-3-9(11-13-6-7-17-11)14-10(16)4-5-12-8(2)15/h6-7,9H,3-5H2,1-2H3,(H,12,15)(H,14,16)/t9-/m1/s1. The van der Waals surface area contributed by atoms with Gasteiger partial charge in [0, 0.05) is 31.5 Å². The number of nitrogens with one attached hydrogen (secondary N) is 2. The molecule has 1 heterocycles. The first-order chi connectivity index (χ1) is 8.13. The Morgan fingerprint density at radius 2 is 2.29 bits per heavy atom. The van der Waals surface area contributed by atoms with Gasteiger partial charge in [-0.15, -0.1) is 11.3 Å². The monoisotopic (exact) mass is 255 g/mol. The van der Waals surface area contributed by atoms with Crippen LogP contribution in [0.25, 0.3) is 0 Å². The van der Waals surface area contributed by atoms with E-state index in [4.69, 9.17) is 0 Å². The molecular formula is C11H17N3O2S. The van der Waals surface area contributed by atoms with E-state index in [1.165, 1.54) is 18.3 Å². The van der Waals surface area contributed by atoms with Gasteiger partial charge in [-0.3, -0.25) is 9.59 Å². The zero-order valence-electron chi connectivity index (χ0n) is 10.0. The van der Waals surface area contributed by atoms with Gasteiger partial charge in [-0.05, 0) is 6.42 Å². The highest BCUT2D eigenvalue weighted by atomic mass is 32.1. The maximum Gasteiger partial charge on any atom is 0.222 e. The van der Waals surface area contributed by atoms with Gasteiger partial charge in [0.05, 0.1) is 6.04 Å². The Bertz CT molecular complexity index is 365. The minimum atomic E-state index is -0.121. The summed E-state index contributed by atoms with van der Waals surface area (Å²) < 4.78 is 0. The third-order valence-electron chi connectivity index (χ3n) is 2.22. The molecule has 6 heteroatoms. The lowest BCUT2D eigenvalue weighted by Crippen LogP contribution is -2.32. The molecule has 0 aliphatic carbocycles. The second-order valence-electron chi connectivity index (χ2n) is 3.63. The highest BCUT2D eigenvalue weighted by Crippen LogP contribution is 2.18. The maximum absolute atomic E-state index is 11.6. The van der Waals surface area contributed by atoms with E-state index in [-0.39, 0.29) is 17.9 Å². The molecule has 0 unspecified atom stereocenters. The van der Waals surface area contributed by atoms with Crippen LogP contribution in [0.1, 0.15) is 37.7 Å². The summed E-state index contributed by atoms with van der Waals surface area (Å²) in [4.78, 5) is 26.4. The molecule has 0 fully saturated rings. The van der Waals surface area contributed by atoms with Gasteiger partial charge in [0.1, 0.15) is 5.01 Å². The van der Waals surface area contributed by atoms with E-state index in [9.17, 15) is 9.59 Å². The van der Waals surface area contributed by atoms with E-state index < -0.39 is 0 Å². The zero-order chi connectivity index (χ0) is 12.7. The van der Waals surface area contributed by atoms with Crippen molar-refractivity contribution in [1.29, 1.82) is 0 Å². The van der Waals surface area contributed by atoms with Crippen molar-refractivity contribution in [3.8, 4) is 0 Å². The van der Waals surface area contributed by atoms with Crippen LogP contribution in [0, 0.1) is 0 Å². The van der Waals surface area contributed by atoms with E-state index >= 15 is 0 Å². The number of amides is 2. The number of thiazole rings is 1. The Balaban J connectivity index is 2.36. The first kappa shape index (κ1) is 13.6. The number of hydrogen-bond donors (Lipinski definition) is 2. The lowest BCUT2D eigenvalue weighted by molar-refractivity contribution is -0.122. The Hall–Kier alpha value is -1.43. The molecule has 0 saturated heterocycles. The van der Waals surface area contributed by atoms with Gasteiger partial charge in [-0.25, -0.2) is 4.98 Å². The molecule has 94 valence electrons. The molecule has 0 aliphatic rings. The normalized spacial score (nSPS) is 11.9. The molecule has 1 rings (SSSR count).